The highest BCUT2D eigenvalue weighted by Crippen LogP contribution is 2.40. The van der Waals surface area contributed by atoms with Crippen molar-refractivity contribution in [2.45, 2.75) is 45.8 Å². The summed E-state index contributed by atoms with van der Waals surface area (Å²) in [6.07, 6.45) is -1.49. The number of pyridine rings is 2. The molecule has 2 atom stereocenters. The number of nitrogens with two attached hydrogens (primary N) is 1. The molecule has 3 N–H and O–H groups in total. The highest BCUT2D eigenvalue weighted by molar-refractivity contribution is 6.09. The molecule has 2 unspecified atom stereocenters. The van der Waals surface area contributed by atoms with Crippen LogP contribution in [0.1, 0.15) is 42.2 Å². The molecule has 7 rings (SSSR count). The highest BCUT2D eigenvalue weighted by atomic mass is 16.5. The lowest BCUT2D eigenvalue weighted by molar-refractivity contribution is -0.157. The average molecular weight is 529 g/mol. The molecule has 3 aliphatic rings. The summed E-state index contributed by atoms with van der Waals surface area (Å²) < 4.78 is 12.5. The van der Waals surface area contributed by atoms with Gasteiger partial charge in [-0.25, -0.2) is 9.78 Å². The number of rotatable bonds is 3. The molecule has 5 heterocycles. The Bertz CT molecular complexity index is 1660. The molecule has 1 saturated heterocycles. The Balaban J connectivity index is 0.00000135. The maximum Gasteiger partial charge on any atom is 0.340 e. The van der Waals surface area contributed by atoms with Gasteiger partial charge in [0.25, 0.3) is 5.56 Å². The number of carbonyl (C=O) groups excluding carboxylic acids is 1. The number of fused-ring (bicyclic) bond motifs is 7. The number of morpholine rings is 1. The zero-order valence-electron chi connectivity index (χ0n) is 22.1. The quantitative estimate of drug-likeness (QED) is 0.271. The normalized spacial score (nSPS) is 20.2. The van der Waals surface area contributed by atoms with E-state index in [1.807, 2.05) is 32.0 Å². The van der Waals surface area contributed by atoms with E-state index in [9.17, 15) is 14.7 Å². The van der Waals surface area contributed by atoms with Gasteiger partial charge >= 0.3 is 5.97 Å². The zero-order chi connectivity index (χ0) is 27.3. The van der Waals surface area contributed by atoms with Crippen molar-refractivity contribution in [1.82, 2.24) is 14.5 Å². The Morgan fingerprint density at radius 1 is 1.13 bits per heavy atom. The number of aliphatic hydroxyl groups excluding tert-OH is 1. The van der Waals surface area contributed by atoms with Crippen molar-refractivity contribution in [3.8, 4) is 11.4 Å². The lowest BCUT2D eigenvalue weighted by Gasteiger charge is -2.33. The molecule has 0 aliphatic carbocycles. The van der Waals surface area contributed by atoms with E-state index in [-0.39, 0.29) is 18.3 Å². The van der Waals surface area contributed by atoms with Crippen molar-refractivity contribution in [3.05, 3.63) is 75.1 Å². The van der Waals surface area contributed by atoms with Crippen molar-refractivity contribution < 1.29 is 19.4 Å². The van der Waals surface area contributed by atoms with Crippen molar-refractivity contribution >= 4 is 27.6 Å². The van der Waals surface area contributed by atoms with Gasteiger partial charge in [0.2, 0.25) is 0 Å². The van der Waals surface area contributed by atoms with Gasteiger partial charge in [-0.15, -0.1) is 0 Å². The van der Waals surface area contributed by atoms with Crippen molar-refractivity contribution in [2.75, 3.05) is 26.2 Å². The molecule has 39 heavy (non-hydrogen) atoms. The maximum absolute atomic E-state index is 13.5. The van der Waals surface area contributed by atoms with E-state index in [1.165, 1.54) is 0 Å². The summed E-state index contributed by atoms with van der Waals surface area (Å²) in [4.78, 5) is 32.9. The summed E-state index contributed by atoms with van der Waals surface area (Å²) >= 11 is 0. The number of esters is 1. The second-order valence-electron chi connectivity index (χ2n) is 9.93. The van der Waals surface area contributed by atoms with Crippen LogP contribution in [0.3, 0.4) is 0 Å². The van der Waals surface area contributed by atoms with Crippen LogP contribution in [0, 0.1) is 0 Å². The summed E-state index contributed by atoms with van der Waals surface area (Å²) in [5.41, 5.74) is 10.6. The van der Waals surface area contributed by atoms with Crippen LogP contribution in [0.5, 0.6) is 0 Å². The van der Waals surface area contributed by atoms with Crippen molar-refractivity contribution in [3.63, 3.8) is 0 Å². The van der Waals surface area contributed by atoms with Crippen LogP contribution in [0.4, 0.5) is 0 Å². The monoisotopic (exact) mass is 528 g/mol. The Morgan fingerprint density at radius 2 is 1.95 bits per heavy atom. The van der Waals surface area contributed by atoms with E-state index >= 15 is 0 Å². The van der Waals surface area contributed by atoms with Gasteiger partial charge in [0.05, 0.1) is 41.7 Å². The number of aromatic nitrogens is 2. The molecular formula is C30H32N4O5. The number of hydrogen-bond acceptors (Lipinski definition) is 8. The standard InChI is InChI=1S/C28H26N4O5.C2H6/c29-10-16-11-31(7-8-36-16)12-19-20-13-32-23(9-18-21(27(32)34)14-37-28(35)26(18)33)25(20)30-22-6-5-15-3-1-2-4-17(15)24(19)22;1-2/h1-6,9,16,26,33H,7-8,10-14,29H2;1-2H3. The molecule has 0 amide bonds. The van der Waals surface area contributed by atoms with E-state index in [0.717, 1.165) is 45.9 Å². The van der Waals surface area contributed by atoms with E-state index in [0.29, 0.717) is 48.8 Å². The SMILES string of the molecule is CC.NCC1CN(Cc2c3c(nc4ccc5ccccc5c24)-c2cc4c(c(=O)n2C3)COC(=O)C4O)CCO1. The number of cyclic esters (lactones) is 1. The molecule has 0 spiro atoms. The lowest BCUT2D eigenvalue weighted by atomic mass is 9.95. The smallest absolute Gasteiger partial charge is 0.340 e. The fraction of sp³-hybridized carbons (Fsp3) is 0.367. The maximum atomic E-state index is 13.5. The number of aliphatic hydroxyl groups is 1. The predicted molar refractivity (Wildman–Crippen MR) is 148 cm³/mol. The number of carbonyl (C=O) groups is 1. The minimum Gasteiger partial charge on any atom is -0.458 e. The Labute approximate surface area is 225 Å². The zero-order valence-corrected chi connectivity index (χ0v) is 22.1. The molecular weight excluding hydrogens is 496 g/mol. The lowest BCUT2D eigenvalue weighted by Crippen LogP contribution is -2.45. The fourth-order valence-electron chi connectivity index (χ4n) is 5.96. The summed E-state index contributed by atoms with van der Waals surface area (Å²) in [7, 11) is 0. The first-order chi connectivity index (χ1) is 19.0. The summed E-state index contributed by atoms with van der Waals surface area (Å²) in [5.74, 6) is -0.740. The van der Waals surface area contributed by atoms with Gasteiger partial charge in [-0.3, -0.25) is 9.69 Å². The van der Waals surface area contributed by atoms with Gasteiger partial charge < -0.3 is 24.9 Å². The number of ether oxygens (including phenoxy) is 2. The number of hydrogen-bond donors (Lipinski definition) is 2. The van der Waals surface area contributed by atoms with E-state index in [2.05, 4.69) is 23.1 Å². The first-order valence-electron chi connectivity index (χ1n) is 13.5. The largest absolute Gasteiger partial charge is 0.458 e. The van der Waals surface area contributed by atoms with Crippen molar-refractivity contribution in [1.29, 1.82) is 0 Å². The molecule has 2 aromatic carbocycles. The van der Waals surface area contributed by atoms with Gasteiger partial charge in [-0.1, -0.05) is 44.2 Å². The van der Waals surface area contributed by atoms with E-state index < -0.39 is 12.1 Å². The number of benzene rings is 2. The molecule has 9 nitrogen and oxygen atoms in total. The Kier molecular flexibility index (Phi) is 6.68. The summed E-state index contributed by atoms with van der Waals surface area (Å²) in [6.45, 7) is 7.49. The van der Waals surface area contributed by atoms with Crippen LogP contribution >= 0.6 is 0 Å². The van der Waals surface area contributed by atoms with Crippen LogP contribution in [0.15, 0.2) is 47.3 Å². The fourth-order valence-corrected chi connectivity index (χ4v) is 5.96. The second kappa shape index (κ2) is 10.2. The van der Waals surface area contributed by atoms with Gasteiger partial charge in [0.1, 0.15) is 6.61 Å². The van der Waals surface area contributed by atoms with Gasteiger partial charge in [-0.2, -0.15) is 0 Å². The van der Waals surface area contributed by atoms with E-state index in [4.69, 9.17) is 20.2 Å². The predicted octanol–water partition coefficient (Wildman–Crippen LogP) is 2.85. The first-order valence-corrected chi connectivity index (χ1v) is 13.5. The highest BCUT2D eigenvalue weighted by Gasteiger charge is 2.35. The topological polar surface area (TPSA) is 120 Å². The van der Waals surface area contributed by atoms with Crippen LogP contribution in [0.2, 0.25) is 0 Å². The molecule has 0 bridgehead atoms. The Hall–Kier alpha value is -3.63. The van der Waals surface area contributed by atoms with Gasteiger partial charge in [-0.05, 0) is 28.5 Å². The third-order valence-corrected chi connectivity index (χ3v) is 7.83. The molecule has 202 valence electrons. The minimum absolute atomic E-state index is 0.0165. The van der Waals surface area contributed by atoms with Gasteiger partial charge in [0.15, 0.2) is 6.10 Å². The summed E-state index contributed by atoms with van der Waals surface area (Å²) in [6, 6.07) is 14.1. The molecule has 1 fully saturated rings. The molecule has 3 aliphatic heterocycles. The van der Waals surface area contributed by atoms with E-state index in [1.54, 1.807) is 10.6 Å². The van der Waals surface area contributed by atoms with Crippen molar-refractivity contribution in [2.24, 2.45) is 5.73 Å². The minimum atomic E-state index is -1.48. The molecule has 2 aromatic heterocycles. The summed E-state index contributed by atoms with van der Waals surface area (Å²) in [5, 5.41) is 13.8. The molecule has 0 saturated carbocycles. The average Bonchev–Trinajstić information content (AvgIpc) is 3.35. The second-order valence-corrected chi connectivity index (χ2v) is 9.93. The molecule has 4 aromatic rings. The first kappa shape index (κ1) is 25.6. The van der Waals surface area contributed by atoms with Crippen LogP contribution in [0.25, 0.3) is 33.1 Å². The Morgan fingerprint density at radius 3 is 2.77 bits per heavy atom. The third kappa shape index (κ3) is 4.13. The molecule has 0 radical (unpaired) electrons. The number of nitrogens with zero attached hydrogens (tertiary/aromatic N) is 3. The van der Waals surface area contributed by atoms with Crippen LogP contribution in [-0.4, -0.2) is 57.9 Å². The van der Waals surface area contributed by atoms with Crippen LogP contribution in [-0.2, 0) is 34.0 Å². The third-order valence-electron chi connectivity index (χ3n) is 7.83. The van der Waals surface area contributed by atoms with Crippen LogP contribution < -0.4 is 11.3 Å². The molecule has 9 heteroatoms. The van der Waals surface area contributed by atoms with Gasteiger partial charge in [0, 0.05) is 42.7 Å².